The van der Waals surface area contributed by atoms with Crippen LogP contribution in [0.3, 0.4) is 0 Å². The van der Waals surface area contributed by atoms with Gasteiger partial charge in [-0.15, -0.1) is 0 Å². The van der Waals surface area contributed by atoms with Gasteiger partial charge < -0.3 is 10.1 Å². The summed E-state index contributed by atoms with van der Waals surface area (Å²) in [6.45, 7) is 1.21. The van der Waals surface area contributed by atoms with E-state index < -0.39 is 12.0 Å². The summed E-state index contributed by atoms with van der Waals surface area (Å²) in [5, 5.41) is 3.09. The van der Waals surface area contributed by atoms with Gasteiger partial charge >= 0.3 is 6.18 Å². The second kappa shape index (κ2) is 4.54. The van der Waals surface area contributed by atoms with E-state index in [2.05, 4.69) is 14.7 Å². The second-order valence-corrected chi connectivity index (χ2v) is 4.23. The van der Waals surface area contributed by atoms with Gasteiger partial charge in [-0.1, -0.05) is 0 Å². The fourth-order valence-electron chi connectivity index (χ4n) is 1.43. The first-order chi connectivity index (χ1) is 7.55. The molecule has 1 unspecified atom stereocenters. The highest BCUT2D eigenvalue weighted by Crippen LogP contribution is 2.29. The van der Waals surface area contributed by atoms with Gasteiger partial charge in [0.15, 0.2) is 0 Å². The number of nitrogens with one attached hydrogen (secondary N) is 1. The van der Waals surface area contributed by atoms with Crippen molar-refractivity contribution in [2.45, 2.75) is 25.1 Å². The van der Waals surface area contributed by atoms with Gasteiger partial charge in [-0.3, -0.25) is 0 Å². The first-order valence-electron chi connectivity index (χ1n) is 4.81. The summed E-state index contributed by atoms with van der Waals surface area (Å²) in [6, 6.07) is 0.0304. The van der Waals surface area contributed by atoms with Crippen LogP contribution in [0, 0.1) is 0 Å². The fourth-order valence-corrected chi connectivity index (χ4v) is 2.09. The Balaban J connectivity index is 1.97. The van der Waals surface area contributed by atoms with E-state index in [9.17, 15) is 13.2 Å². The zero-order chi connectivity index (χ0) is 11.6. The van der Waals surface area contributed by atoms with Crippen molar-refractivity contribution in [1.82, 2.24) is 9.36 Å². The highest BCUT2D eigenvalue weighted by molar-refractivity contribution is 7.09. The van der Waals surface area contributed by atoms with E-state index in [0.717, 1.165) is 24.4 Å². The SMILES string of the molecule is FC(F)(F)c1nsc(NC2CCCOC2)n1. The minimum absolute atomic E-state index is 0.0304. The molecule has 0 radical (unpaired) electrons. The maximum Gasteiger partial charge on any atom is 0.452 e. The third kappa shape index (κ3) is 2.82. The van der Waals surface area contributed by atoms with Crippen LogP contribution in [0.5, 0.6) is 0 Å². The van der Waals surface area contributed by atoms with E-state index >= 15 is 0 Å². The van der Waals surface area contributed by atoms with Crippen molar-refractivity contribution >= 4 is 16.7 Å². The van der Waals surface area contributed by atoms with Crippen molar-refractivity contribution < 1.29 is 17.9 Å². The maximum absolute atomic E-state index is 12.2. The van der Waals surface area contributed by atoms with Crippen LogP contribution in [-0.4, -0.2) is 28.6 Å². The largest absolute Gasteiger partial charge is 0.452 e. The van der Waals surface area contributed by atoms with Gasteiger partial charge in [-0.2, -0.15) is 22.5 Å². The number of ether oxygens (including phenoxy) is 1. The molecule has 0 aromatic carbocycles. The molecule has 0 bridgehead atoms. The van der Waals surface area contributed by atoms with E-state index in [1.54, 1.807) is 0 Å². The highest BCUT2D eigenvalue weighted by Gasteiger charge is 2.36. The molecule has 0 saturated carbocycles. The Bertz CT molecular complexity index is 349. The van der Waals surface area contributed by atoms with Crippen LogP contribution in [-0.2, 0) is 10.9 Å². The number of nitrogens with zero attached hydrogens (tertiary/aromatic N) is 2. The number of aromatic nitrogens is 2. The summed E-state index contributed by atoms with van der Waals surface area (Å²) in [7, 11) is 0. The molecule has 1 aliphatic heterocycles. The van der Waals surface area contributed by atoms with Gasteiger partial charge in [0.1, 0.15) is 0 Å². The topological polar surface area (TPSA) is 47.0 Å². The molecular weight excluding hydrogens is 243 g/mol. The molecule has 8 heteroatoms. The van der Waals surface area contributed by atoms with Crippen LogP contribution in [0.15, 0.2) is 0 Å². The van der Waals surface area contributed by atoms with Crippen molar-refractivity contribution in [2.24, 2.45) is 0 Å². The third-order valence-electron chi connectivity index (χ3n) is 2.17. The Kier molecular flexibility index (Phi) is 3.29. The van der Waals surface area contributed by atoms with E-state index in [1.807, 2.05) is 0 Å². The smallest absolute Gasteiger partial charge is 0.379 e. The molecule has 1 saturated heterocycles. The molecule has 2 rings (SSSR count). The molecule has 1 atom stereocenters. The lowest BCUT2D eigenvalue weighted by molar-refractivity contribution is -0.144. The average Bonchev–Trinajstić information content (AvgIpc) is 2.67. The van der Waals surface area contributed by atoms with Crippen LogP contribution in [0.1, 0.15) is 18.7 Å². The molecule has 2 heterocycles. The Labute approximate surface area is 94.0 Å². The molecule has 1 fully saturated rings. The van der Waals surface area contributed by atoms with Crippen molar-refractivity contribution in [1.29, 1.82) is 0 Å². The standard InChI is InChI=1S/C8H10F3N3OS/c9-8(10,11)6-13-7(16-14-6)12-5-2-1-3-15-4-5/h5H,1-4H2,(H,12,13,14). The summed E-state index contributed by atoms with van der Waals surface area (Å²) in [5.74, 6) is -1.09. The zero-order valence-electron chi connectivity index (χ0n) is 8.25. The van der Waals surface area contributed by atoms with Gasteiger partial charge in [-0.05, 0) is 12.8 Å². The molecule has 90 valence electrons. The Morgan fingerprint density at radius 2 is 2.25 bits per heavy atom. The third-order valence-corrected chi connectivity index (χ3v) is 2.81. The lowest BCUT2D eigenvalue weighted by Gasteiger charge is -2.22. The van der Waals surface area contributed by atoms with E-state index in [0.29, 0.717) is 13.2 Å². The van der Waals surface area contributed by atoms with E-state index in [-0.39, 0.29) is 11.2 Å². The van der Waals surface area contributed by atoms with E-state index in [1.165, 1.54) is 0 Å². The summed E-state index contributed by atoms with van der Waals surface area (Å²) >= 11 is 0.722. The predicted molar refractivity (Wildman–Crippen MR) is 52.4 cm³/mol. The van der Waals surface area contributed by atoms with Gasteiger partial charge in [0, 0.05) is 18.1 Å². The Hall–Kier alpha value is -0.890. The van der Waals surface area contributed by atoms with Crippen molar-refractivity contribution in [3.63, 3.8) is 0 Å². The predicted octanol–water partition coefficient (Wildman–Crippen LogP) is 2.15. The van der Waals surface area contributed by atoms with Gasteiger partial charge in [0.05, 0.1) is 12.6 Å². The first-order valence-corrected chi connectivity index (χ1v) is 5.58. The Morgan fingerprint density at radius 1 is 1.44 bits per heavy atom. The average molecular weight is 253 g/mol. The normalized spacial score (nSPS) is 22.1. The number of alkyl halides is 3. The lowest BCUT2D eigenvalue weighted by atomic mass is 10.1. The maximum atomic E-state index is 12.2. The second-order valence-electron chi connectivity index (χ2n) is 3.48. The summed E-state index contributed by atoms with van der Waals surface area (Å²) in [6.07, 6.45) is -2.69. The summed E-state index contributed by atoms with van der Waals surface area (Å²) in [5.41, 5.74) is 0. The lowest BCUT2D eigenvalue weighted by Crippen LogP contribution is -2.29. The fraction of sp³-hybridized carbons (Fsp3) is 0.750. The molecule has 1 aromatic rings. The van der Waals surface area contributed by atoms with E-state index in [4.69, 9.17) is 4.74 Å². The number of hydrogen-bond acceptors (Lipinski definition) is 5. The van der Waals surface area contributed by atoms with Gasteiger partial charge in [0.2, 0.25) is 11.0 Å². The molecule has 0 amide bonds. The highest BCUT2D eigenvalue weighted by atomic mass is 32.1. The molecule has 0 spiro atoms. The van der Waals surface area contributed by atoms with Crippen LogP contribution >= 0.6 is 11.5 Å². The van der Waals surface area contributed by atoms with Gasteiger partial charge in [-0.25, -0.2) is 0 Å². The summed E-state index contributed by atoms with van der Waals surface area (Å²) < 4.78 is 45.1. The zero-order valence-corrected chi connectivity index (χ0v) is 9.07. The number of halogens is 3. The molecule has 1 aliphatic rings. The van der Waals surface area contributed by atoms with Crippen LogP contribution < -0.4 is 5.32 Å². The van der Waals surface area contributed by atoms with Crippen molar-refractivity contribution in [3.05, 3.63) is 5.82 Å². The Morgan fingerprint density at radius 3 is 2.81 bits per heavy atom. The summed E-state index contributed by atoms with van der Waals surface area (Å²) in [4.78, 5) is 3.39. The van der Waals surface area contributed by atoms with Crippen molar-refractivity contribution in [2.75, 3.05) is 18.5 Å². The minimum Gasteiger partial charge on any atom is -0.379 e. The first kappa shape index (κ1) is 11.6. The number of rotatable bonds is 2. The van der Waals surface area contributed by atoms with Crippen LogP contribution in [0.25, 0.3) is 0 Å². The molecule has 1 N–H and O–H groups in total. The molecule has 16 heavy (non-hydrogen) atoms. The van der Waals surface area contributed by atoms with Crippen molar-refractivity contribution in [3.8, 4) is 0 Å². The number of hydrogen-bond donors (Lipinski definition) is 1. The van der Waals surface area contributed by atoms with Crippen LogP contribution in [0.2, 0.25) is 0 Å². The van der Waals surface area contributed by atoms with Crippen LogP contribution in [0.4, 0.5) is 18.3 Å². The monoisotopic (exact) mass is 253 g/mol. The minimum atomic E-state index is -4.47. The molecule has 1 aromatic heterocycles. The van der Waals surface area contributed by atoms with Gasteiger partial charge in [0.25, 0.3) is 0 Å². The molecule has 0 aliphatic carbocycles. The number of anilines is 1. The molecule has 4 nitrogen and oxygen atoms in total. The quantitative estimate of drug-likeness (QED) is 0.877. The molecular formula is C8H10F3N3OS.